The van der Waals surface area contributed by atoms with Gasteiger partial charge in [-0.15, -0.1) is 0 Å². The molecule has 0 radical (unpaired) electrons. The van der Waals surface area contributed by atoms with Crippen molar-refractivity contribution < 1.29 is 9.13 Å². The fourth-order valence-corrected chi connectivity index (χ4v) is 1.69. The standard InChI is InChI=1S/C12H14FN3O/c1-17-7-6-16-12-11-8(4-5-15-12)9(13)2-3-10(11)14/h2-5H,6-7,14H2,1H3,(H,15,16). The van der Waals surface area contributed by atoms with Crippen molar-refractivity contribution in [1.82, 2.24) is 4.98 Å². The molecule has 0 spiro atoms. The van der Waals surface area contributed by atoms with E-state index in [1.807, 2.05) is 0 Å². The molecule has 4 nitrogen and oxygen atoms in total. The summed E-state index contributed by atoms with van der Waals surface area (Å²) in [4.78, 5) is 4.17. The van der Waals surface area contributed by atoms with E-state index in [4.69, 9.17) is 10.5 Å². The highest BCUT2D eigenvalue weighted by atomic mass is 19.1. The van der Waals surface area contributed by atoms with Crippen LogP contribution in [0.2, 0.25) is 0 Å². The van der Waals surface area contributed by atoms with Gasteiger partial charge in [-0.1, -0.05) is 0 Å². The summed E-state index contributed by atoms with van der Waals surface area (Å²) in [6.45, 7) is 1.14. The number of benzene rings is 1. The third-order valence-electron chi connectivity index (χ3n) is 2.50. The maximum absolute atomic E-state index is 13.6. The number of hydrogen-bond donors (Lipinski definition) is 2. The van der Waals surface area contributed by atoms with Gasteiger partial charge in [-0.05, 0) is 18.2 Å². The molecule has 1 heterocycles. The topological polar surface area (TPSA) is 60.2 Å². The van der Waals surface area contributed by atoms with Gasteiger partial charge < -0.3 is 15.8 Å². The second-order valence-electron chi connectivity index (χ2n) is 3.64. The predicted molar refractivity (Wildman–Crippen MR) is 66.5 cm³/mol. The zero-order valence-corrected chi connectivity index (χ0v) is 9.53. The van der Waals surface area contributed by atoms with Crippen LogP contribution in [0, 0.1) is 5.82 Å². The molecule has 1 aromatic heterocycles. The van der Waals surface area contributed by atoms with Gasteiger partial charge in [0.25, 0.3) is 0 Å². The van der Waals surface area contributed by atoms with Crippen LogP contribution < -0.4 is 11.1 Å². The van der Waals surface area contributed by atoms with E-state index < -0.39 is 0 Å². The van der Waals surface area contributed by atoms with Gasteiger partial charge in [-0.2, -0.15) is 0 Å². The first-order valence-corrected chi connectivity index (χ1v) is 5.29. The van der Waals surface area contributed by atoms with Crippen LogP contribution in [0.1, 0.15) is 0 Å². The summed E-state index contributed by atoms with van der Waals surface area (Å²) in [5.74, 6) is 0.281. The van der Waals surface area contributed by atoms with E-state index in [-0.39, 0.29) is 5.82 Å². The van der Waals surface area contributed by atoms with Crippen LogP contribution in [0.25, 0.3) is 10.8 Å². The van der Waals surface area contributed by atoms with Crippen molar-refractivity contribution in [2.24, 2.45) is 0 Å². The summed E-state index contributed by atoms with van der Waals surface area (Å²) in [6, 6.07) is 4.51. The molecule has 0 aliphatic rings. The lowest BCUT2D eigenvalue weighted by Crippen LogP contribution is -2.09. The van der Waals surface area contributed by atoms with Gasteiger partial charge in [0, 0.05) is 30.9 Å². The van der Waals surface area contributed by atoms with Crippen molar-refractivity contribution in [3.05, 3.63) is 30.2 Å². The largest absolute Gasteiger partial charge is 0.398 e. The van der Waals surface area contributed by atoms with E-state index in [2.05, 4.69) is 10.3 Å². The first-order chi connectivity index (χ1) is 8.24. The second-order valence-corrected chi connectivity index (χ2v) is 3.64. The van der Waals surface area contributed by atoms with Crippen LogP contribution in [0.3, 0.4) is 0 Å². The number of nitrogens with zero attached hydrogens (tertiary/aromatic N) is 1. The molecule has 0 saturated carbocycles. The summed E-state index contributed by atoms with van der Waals surface area (Å²) in [5, 5.41) is 4.16. The van der Waals surface area contributed by atoms with Gasteiger partial charge in [-0.3, -0.25) is 0 Å². The predicted octanol–water partition coefficient (Wildman–Crippen LogP) is 2.01. The number of hydrogen-bond acceptors (Lipinski definition) is 4. The molecule has 2 rings (SSSR count). The van der Waals surface area contributed by atoms with Crippen molar-refractivity contribution in [3.63, 3.8) is 0 Å². The lowest BCUT2D eigenvalue weighted by Gasteiger charge is -2.10. The SMILES string of the molecule is COCCNc1nccc2c(F)ccc(N)c12. The summed E-state index contributed by atoms with van der Waals surface area (Å²) in [7, 11) is 1.62. The summed E-state index contributed by atoms with van der Waals surface area (Å²) in [6.07, 6.45) is 1.56. The molecule has 5 heteroatoms. The number of pyridine rings is 1. The number of nitrogens with one attached hydrogen (secondary N) is 1. The summed E-state index contributed by atoms with van der Waals surface area (Å²) < 4.78 is 18.5. The fraction of sp³-hybridized carbons (Fsp3) is 0.250. The molecule has 0 aliphatic heterocycles. The van der Waals surface area contributed by atoms with Gasteiger partial charge in [0.15, 0.2) is 0 Å². The first kappa shape index (κ1) is 11.6. The van der Waals surface area contributed by atoms with E-state index >= 15 is 0 Å². The molecule has 0 saturated heterocycles. The molecule has 0 amide bonds. The highest BCUT2D eigenvalue weighted by molar-refractivity contribution is 6.00. The van der Waals surface area contributed by atoms with Crippen molar-refractivity contribution in [1.29, 1.82) is 0 Å². The Labute approximate surface area is 98.6 Å². The zero-order valence-electron chi connectivity index (χ0n) is 9.53. The molecule has 17 heavy (non-hydrogen) atoms. The van der Waals surface area contributed by atoms with Crippen LogP contribution in [0.5, 0.6) is 0 Å². The first-order valence-electron chi connectivity index (χ1n) is 5.29. The number of fused-ring (bicyclic) bond motifs is 1. The Morgan fingerprint density at radius 1 is 1.41 bits per heavy atom. The molecular formula is C12H14FN3O. The Kier molecular flexibility index (Phi) is 3.39. The molecule has 2 aromatic rings. The quantitative estimate of drug-likeness (QED) is 0.628. The monoisotopic (exact) mass is 235 g/mol. The van der Waals surface area contributed by atoms with Crippen molar-refractivity contribution in [2.75, 3.05) is 31.3 Å². The number of halogens is 1. The third-order valence-corrected chi connectivity index (χ3v) is 2.50. The van der Waals surface area contributed by atoms with E-state index in [1.165, 1.54) is 6.07 Å². The summed E-state index contributed by atoms with van der Waals surface area (Å²) >= 11 is 0. The highest BCUT2D eigenvalue weighted by Gasteiger charge is 2.08. The molecule has 0 bridgehead atoms. The Hall–Kier alpha value is -1.88. The summed E-state index contributed by atoms with van der Waals surface area (Å²) in [5.41, 5.74) is 6.36. The van der Waals surface area contributed by atoms with Crippen molar-refractivity contribution in [2.45, 2.75) is 0 Å². The number of aromatic nitrogens is 1. The minimum Gasteiger partial charge on any atom is -0.398 e. The Morgan fingerprint density at radius 2 is 2.24 bits per heavy atom. The van der Waals surface area contributed by atoms with Gasteiger partial charge in [0.2, 0.25) is 0 Å². The molecule has 3 N–H and O–H groups in total. The van der Waals surface area contributed by atoms with E-state index in [1.54, 1.807) is 25.4 Å². The molecule has 0 aliphatic carbocycles. The van der Waals surface area contributed by atoms with Crippen LogP contribution >= 0.6 is 0 Å². The van der Waals surface area contributed by atoms with Gasteiger partial charge in [-0.25, -0.2) is 9.37 Å². The van der Waals surface area contributed by atoms with Gasteiger partial charge in [0.1, 0.15) is 11.6 Å². The van der Waals surface area contributed by atoms with Crippen molar-refractivity contribution in [3.8, 4) is 0 Å². The molecule has 90 valence electrons. The normalized spacial score (nSPS) is 10.7. The molecular weight excluding hydrogens is 221 g/mol. The lowest BCUT2D eigenvalue weighted by molar-refractivity contribution is 0.210. The average molecular weight is 235 g/mol. The van der Waals surface area contributed by atoms with Gasteiger partial charge >= 0.3 is 0 Å². The van der Waals surface area contributed by atoms with Gasteiger partial charge in [0.05, 0.1) is 12.0 Å². The maximum Gasteiger partial charge on any atom is 0.136 e. The van der Waals surface area contributed by atoms with E-state index in [9.17, 15) is 4.39 Å². The number of methoxy groups -OCH3 is 1. The number of ether oxygens (including phenoxy) is 1. The smallest absolute Gasteiger partial charge is 0.136 e. The third kappa shape index (κ3) is 2.29. The number of anilines is 2. The van der Waals surface area contributed by atoms with E-state index in [0.29, 0.717) is 35.4 Å². The molecule has 0 fully saturated rings. The second kappa shape index (κ2) is 4.97. The van der Waals surface area contributed by atoms with E-state index in [0.717, 1.165) is 0 Å². The number of nitrogens with two attached hydrogens (primary N) is 1. The molecule has 0 unspecified atom stereocenters. The fourth-order valence-electron chi connectivity index (χ4n) is 1.69. The molecule has 1 aromatic carbocycles. The maximum atomic E-state index is 13.6. The van der Waals surface area contributed by atoms with Crippen LogP contribution in [-0.2, 0) is 4.74 Å². The van der Waals surface area contributed by atoms with Crippen LogP contribution in [0.4, 0.5) is 15.9 Å². The minimum atomic E-state index is -0.300. The van der Waals surface area contributed by atoms with Crippen molar-refractivity contribution >= 4 is 22.3 Å². The molecule has 0 atom stereocenters. The Bertz CT molecular complexity index is 530. The van der Waals surface area contributed by atoms with Crippen LogP contribution in [-0.4, -0.2) is 25.2 Å². The Morgan fingerprint density at radius 3 is 3.00 bits per heavy atom. The number of nitrogen functional groups attached to an aromatic ring is 1. The highest BCUT2D eigenvalue weighted by Crippen LogP contribution is 2.28. The lowest BCUT2D eigenvalue weighted by atomic mass is 10.1. The number of rotatable bonds is 4. The zero-order chi connectivity index (χ0) is 12.3. The average Bonchev–Trinajstić information content (AvgIpc) is 2.34. The Balaban J connectivity index is 2.45. The van der Waals surface area contributed by atoms with Crippen LogP contribution in [0.15, 0.2) is 24.4 Å². The minimum absolute atomic E-state index is 0.300.